The van der Waals surface area contributed by atoms with Gasteiger partial charge in [-0.15, -0.1) is 0 Å². The van der Waals surface area contributed by atoms with E-state index in [2.05, 4.69) is 27.7 Å². The fraction of sp³-hybridized carbons (Fsp3) is 0.222. The fourth-order valence-corrected chi connectivity index (χ4v) is 2.58. The van der Waals surface area contributed by atoms with Crippen molar-refractivity contribution in [3.8, 4) is 0 Å². The Morgan fingerprint density at radius 2 is 2.07 bits per heavy atom. The maximum absolute atomic E-state index is 11.3. The second kappa shape index (κ2) is 3.44. The lowest BCUT2D eigenvalue weighted by molar-refractivity contribution is 0.602. The monoisotopic (exact) mass is 336 g/mol. The average molecular weight is 336 g/mol. The van der Waals surface area contributed by atoms with Crippen LogP contribution in [0, 0.1) is 3.70 Å². The summed E-state index contributed by atoms with van der Waals surface area (Å²) in [5.74, 6) is 0. The van der Waals surface area contributed by atoms with Crippen LogP contribution in [-0.2, 0) is 16.9 Å². The molecular formula is C9H9IN2O2S. The van der Waals surface area contributed by atoms with Crippen LogP contribution in [0.1, 0.15) is 0 Å². The van der Waals surface area contributed by atoms with Gasteiger partial charge < -0.3 is 0 Å². The Morgan fingerprint density at radius 1 is 1.40 bits per heavy atom. The molecule has 80 valence electrons. The van der Waals surface area contributed by atoms with Crippen LogP contribution in [0.15, 0.2) is 23.1 Å². The third-order valence-electron chi connectivity index (χ3n) is 2.16. The second-order valence-electron chi connectivity index (χ2n) is 3.37. The van der Waals surface area contributed by atoms with Gasteiger partial charge in [0.1, 0.15) is 3.70 Å². The summed E-state index contributed by atoms with van der Waals surface area (Å²) in [7, 11) is -1.31. The molecule has 15 heavy (non-hydrogen) atoms. The smallest absolute Gasteiger partial charge is 0.175 e. The summed E-state index contributed by atoms with van der Waals surface area (Å²) >= 11 is 2.18. The zero-order valence-corrected chi connectivity index (χ0v) is 11.2. The Labute approximate surface area is 101 Å². The molecule has 0 amide bonds. The summed E-state index contributed by atoms with van der Waals surface area (Å²) in [6.45, 7) is 0. The highest BCUT2D eigenvalue weighted by atomic mass is 127. The first-order valence-electron chi connectivity index (χ1n) is 4.22. The molecule has 0 aliphatic heterocycles. The van der Waals surface area contributed by atoms with Crippen LogP contribution in [0.2, 0.25) is 0 Å². The third-order valence-corrected chi connectivity index (χ3v) is 4.55. The first-order valence-corrected chi connectivity index (χ1v) is 7.19. The van der Waals surface area contributed by atoms with E-state index in [4.69, 9.17) is 0 Å². The minimum atomic E-state index is -3.15. The number of nitrogens with zero attached hydrogens (tertiary/aromatic N) is 2. The van der Waals surface area contributed by atoms with Gasteiger partial charge in [-0.1, -0.05) is 0 Å². The predicted molar refractivity (Wildman–Crippen MR) is 66.5 cm³/mol. The molecule has 4 nitrogen and oxygen atoms in total. The summed E-state index contributed by atoms with van der Waals surface area (Å²) in [5, 5.41) is 5.21. The first-order chi connectivity index (χ1) is 6.89. The molecule has 6 heteroatoms. The van der Waals surface area contributed by atoms with Gasteiger partial charge in [0.15, 0.2) is 9.84 Å². The van der Waals surface area contributed by atoms with Crippen LogP contribution >= 0.6 is 22.6 Å². The maximum atomic E-state index is 11.3. The summed E-state index contributed by atoms with van der Waals surface area (Å²) in [6.07, 6.45) is 1.20. The maximum Gasteiger partial charge on any atom is 0.175 e. The van der Waals surface area contributed by atoms with Crippen LogP contribution in [0.25, 0.3) is 10.9 Å². The molecule has 1 heterocycles. The topological polar surface area (TPSA) is 52.0 Å². The minimum absolute atomic E-state index is 0.310. The van der Waals surface area contributed by atoms with E-state index in [0.29, 0.717) is 10.4 Å². The van der Waals surface area contributed by atoms with Gasteiger partial charge in [-0.2, -0.15) is 5.10 Å². The predicted octanol–water partition coefficient (Wildman–Crippen LogP) is 1.58. The molecule has 0 fully saturated rings. The van der Waals surface area contributed by atoms with Crippen molar-refractivity contribution in [3.05, 3.63) is 21.9 Å². The molecule has 0 spiro atoms. The van der Waals surface area contributed by atoms with Gasteiger partial charge in [0.05, 0.1) is 10.4 Å². The van der Waals surface area contributed by atoms with E-state index in [1.807, 2.05) is 7.05 Å². The van der Waals surface area contributed by atoms with Gasteiger partial charge >= 0.3 is 0 Å². The Morgan fingerprint density at radius 3 is 2.67 bits per heavy atom. The number of fused-ring (bicyclic) bond motifs is 1. The van der Waals surface area contributed by atoms with Crippen LogP contribution in [0.4, 0.5) is 0 Å². The molecule has 0 bridgehead atoms. The van der Waals surface area contributed by atoms with Gasteiger partial charge in [0.25, 0.3) is 0 Å². The third kappa shape index (κ3) is 1.87. The highest BCUT2D eigenvalue weighted by molar-refractivity contribution is 14.1. The minimum Gasteiger partial charge on any atom is -0.261 e. The standard InChI is InChI=1S/C9H9IN2O2S/c1-12-9(10)7-4-3-6(15(2,13)14)5-8(7)11-12/h3-5H,1-2H3. The summed E-state index contributed by atoms with van der Waals surface area (Å²) in [4.78, 5) is 0.310. The number of rotatable bonds is 1. The van der Waals surface area contributed by atoms with Crippen molar-refractivity contribution in [3.63, 3.8) is 0 Å². The van der Waals surface area contributed by atoms with E-state index in [1.165, 1.54) is 6.26 Å². The van der Waals surface area contributed by atoms with E-state index in [-0.39, 0.29) is 0 Å². The van der Waals surface area contributed by atoms with Crippen molar-refractivity contribution in [2.75, 3.05) is 6.26 Å². The number of benzene rings is 1. The summed E-state index contributed by atoms with van der Waals surface area (Å²) < 4.78 is 25.4. The number of sulfone groups is 1. The molecule has 0 aliphatic rings. The number of hydrogen-bond donors (Lipinski definition) is 0. The zero-order valence-electron chi connectivity index (χ0n) is 8.23. The highest BCUT2D eigenvalue weighted by Crippen LogP contribution is 2.22. The molecule has 0 atom stereocenters. The molecule has 2 aromatic rings. The largest absolute Gasteiger partial charge is 0.261 e. The molecule has 2 rings (SSSR count). The molecule has 1 aromatic carbocycles. The van der Waals surface area contributed by atoms with E-state index in [1.54, 1.807) is 22.9 Å². The van der Waals surface area contributed by atoms with Crippen molar-refractivity contribution >= 4 is 43.3 Å². The van der Waals surface area contributed by atoms with Crippen molar-refractivity contribution in [1.29, 1.82) is 0 Å². The van der Waals surface area contributed by atoms with Crippen molar-refractivity contribution in [2.24, 2.45) is 7.05 Å². The Hall–Kier alpha value is -0.630. The van der Waals surface area contributed by atoms with Crippen LogP contribution < -0.4 is 0 Å². The molecule has 0 N–H and O–H groups in total. The molecular weight excluding hydrogens is 327 g/mol. The Balaban J connectivity index is 2.78. The number of aromatic nitrogens is 2. The molecule has 1 aromatic heterocycles. The van der Waals surface area contributed by atoms with Crippen molar-refractivity contribution < 1.29 is 8.42 Å². The van der Waals surface area contributed by atoms with Gasteiger partial charge in [-0.3, -0.25) is 4.68 Å². The number of aryl methyl sites for hydroxylation is 1. The molecule has 0 saturated heterocycles. The fourth-order valence-electron chi connectivity index (χ4n) is 1.38. The molecule has 0 saturated carbocycles. The highest BCUT2D eigenvalue weighted by Gasteiger charge is 2.11. The zero-order chi connectivity index (χ0) is 11.2. The SMILES string of the molecule is Cn1nc2cc(S(C)(=O)=O)ccc2c1I. The quantitative estimate of drug-likeness (QED) is 0.743. The molecule has 0 unspecified atom stereocenters. The van der Waals surface area contributed by atoms with E-state index >= 15 is 0 Å². The van der Waals surface area contributed by atoms with Crippen molar-refractivity contribution in [1.82, 2.24) is 9.78 Å². The van der Waals surface area contributed by atoms with Gasteiger partial charge in [0, 0.05) is 18.7 Å². The van der Waals surface area contributed by atoms with Gasteiger partial charge in [-0.25, -0.2) is 8.42 Å². The average Bonchev–Trinajstić information content (AvgIpc) is 2.41. The van der Waals surface area contributed by atoms with Crippen LogP contribution in [-0.4, -0.2) is 24.5 Å². The van der Waals surface area contributed by atoms with E-state index < -0.39 is 9.84 Å². The second-order valence-corrected chi connectivity index (χ2v) is 6.40. The Kier molecular flexibility index (Phi) is 2.50. The first kappa shape index (κ1) is 10.9. The van der Waals surface area contributed by atoms with Crippen LogP contribution in [0.3, 0.4) is 0 Å². The lowest BCUT2D eigenvalue weighted by Gasteiger charge is -1.96. The van der Waals surface area contributed by atoms with E-state index in [9.17, 15) is 8.42 Å². The summed E-state index contributed by atoms with van der Waals surface area (Å²) in [6, 6.07) is 5.01. The molecule has 0 aliphatic carbocycles. The normalized spacial score (nSPS) is 12.2. The van der Waals surface area contributed by atoms with Crippen molar-refractivity contribution in [2.45, 2.75) is 4.90 Å². The lowest BCUT2D eigenvalue weighted by atomic mass is 10.3. The number of halogens is 1. The lowest BCUT2D eigenvalue weighted by Crippen LogP contribution is -1.96. The number of hydrogen-bond acceptors (Lipinski definition) is 3. The summed E-state index contributed by atoms with van der Waals surface area (Å²) in [5.41, 5.74) is 0.713. The van der Waals surface area contributed by atoms with Gasteiger partial charge in [-0.05, 0) is 40.8 Å². The molecule has 0 radical (unpaired) electrons. The Bertz CT molecular complexity index is 631. The van der Waals surface area contributed by atoms with E-state index in [0.717, 1.165) is 9.09 Å². The van der Waals surface area contributed by atoms with Gasteiger partial charge in [0.2, 0.25) is 0 Å². The van der Waals surface area contributed by atoms with Crippen LogP contribution in [0.5, 0.6) is 0 Å².